The van der Waals surface area contributed by atoms with Crippen molar-refractivity contribution in [2.75, 3.05) is 4.90 Å². The number of carboxylic acids is 1. The molecule has 1 N–H and O–H groups in total. The lowest BCUT2D eigenvalue weighted by molar-refractivity contribution is -0.124. The second-order valence-corrected chi connectivity index (χ2v) is 5.40. The number of hydrogen-bond donors (Lipinski definition) is 1. The van der Waals surface area contributed by atoms with E-state index >= 15 is 0 Å². The van der Waals surface area contributed by atoms with E-state index in [4.69, 9.17) is 5.11 Å². The van der Waals surface area contributed by atoms with Crippen molar-refractivity contribution < 1.29 is 19.5 Å². The number of anilines is 1. The molecule has 2 amide bonds. The summed E-state index contributed by atoms with van der Waals surface area (Å²) in [5.41, 5.74) is 0.388. The summed E-state index contributed by atoms with van der Waals surface area (Å²) in [5, 5.41) is 8.99. The van der Waals surface area contributed by atoms with Crippen LogP contribution in [0, 0.1) is 12.3 Å². The number of imide groups is 1. The molecule has 0 aliphatic carbocycles. The summed E-state index contributed by atoms with van der Waals surface area (Å²) >= 11 is 0. The van der Waals surface area contributed by atoms with Gasteiger partial charge < -0.3 is 5.11 Å². The van der Waals surface area contributed by atoms with E-state index in [-0.39, 0.29) is 23.8 Å². The Balaban J connectivity index is 2.53. The molecule has 1 aromatic carbocycles. The number of nitrogens with zero attached hydrogens (tertiary/aromatic N) is 1. The molecular formula is C14H15NO4. The number of aromatic carboxylic acids is 1. The molecule has 0 unspecified atom stereocenters. The Morgan fingerprint density at radius 2 is 1.95 bits per heavy atom. The summed E-state index contributed by atoms with van der Waals surface area (Å²) in [5.74, 6) is -1.66. The topological polar surface area (TPSA) is 74.7 Å². The predicted molar refractivity (Wildman–Crippen MR) is 69.0 cm³/mol. The number of hydrogen-bond acceptors (Lipinski definition) is 3. The molecule has 1 aliphatic rings. The molecule has 100 valence electrons. The highest BCUT2D eigenvalue weighted by Gasteiger charge is 2.45. The van der Waals surface area contributed by atoms with Crippen LogP contribution in [0.2, 0.25) is 0 Å². The number of carbonyl (C=O) groups excluding carboxylic acids is 2. The number of benzene rings is 1. The fourth-order valence-corrected chi connectivity index (χ4v) is 2.18. The van der Waals surface area contributed by atoms with Crippen molar-refractivity contribution in [3.8, 4) is 0 Å². The molecule has 1 saturated heterocycles. The van der Waals surface area contributed by atoms with Gasteiger partial charge in [-0.15, -0.1) is 0 Å². The van der Waals surface area contributed by atoms with Gasteiger partial charge in [0.25, 0.3) is 0 Å². The molecule has 0 radical (unpaired) electrons. The fourth-order valence-electron chi connectivity index (χ4n) is 2.18. The molecule has 5 heteroatoms. The van der Waals surface area contributed by atoms with Gasteiger partial charge in [0.2, 0.25) is 11.8 Å². The van der Waals surface area contributed by atoms with E-state index in [9.17, 15) is 14.4 Å². The smallest absolute Gasteiger partial charge is 0.335 e. The van der Waals surface area contributed by atoms with Crippen molar-refractivity contribution in [1.82, 2.24) is 0 Å². The fraction of sp³-hybridized carbons (Fsp3) is 0.357. The van der Waals surface area contributed by atoms with Gasteiger partial charge in [-0.1, -0.05) is 19.9 Å². The maximum absolute atomic E-state index is 12.2. The van der Waals surface area contributed by atoms with Crippen molar-refractivity contribution in [2.45, 2.75) is 27.2 Å². The van der Waals surface area contributed by atoms with E-state index in [0.29, 0.717) is 11.3 Å². The lowest BCUT2D eigenvalue weighted by atomic mass is 9.92. The van der Waals surface area contributed by atoms with Gasteiger partial charge in [-0.05, 0) is 24.6 Å². The zero-order valence-electron chi connectivity index (χ0n) is 11.1. The normalized spacial score (nSPS) is 17.9. The Morgan fingerprint density at radius 1 is 1.32 bits per heavy atom. The third kappa shape index (κ3) is 2.12. The summed E-state index contributed by atoms with van der Waals surface area (Å²) < 4.78 is 0. The molecule has 0 aromatic heterocycles. The zero-order chi connectivity index (χ0) is 14.4. The van der Waals surface area contributed by atoms with Crippen molar-refractivity contribution in [1.29, 1.82) is 0 Å². The highest BCUT2D eigenvalue weighted by atomic mass is 16.4. The first-order valence-corrected chi connectivity index (χ1v) is 5.95. The van der Waals surface area contributed by atoms with Crippen LogP contribution in [0.1, 0.15) is 36.2 Å². The van der Waals surface area contributed by atoms with Crippen LogP contribution in [0.5, 0.6) is 0 Å². The average Bonchev–Trinajstić information content (AvgIpc) is 2.49. The summed E-state index contributed by atoms with van der Waals surface area (Å²) in [7, 11) is 0. The lowest BCUT2D eigenvalue weighted by Crippen LogP contribution is -2.33. The SMILES string of the molecule is Cc1ccc(C(=O)O)cc1N1C(=O)CC(C)(C)C1=O. The molecule has 0 atom stereocenters. The summed E-state index contributed by atoms with van der Waals surface area (Å²) in [6, 6.07) is 4.43. The molecule has 0 saturated carbocycles. The molecular weight excluding hydrogens is 246 g/mol. The van der Waals surface area contributed by atoms with E-state index in [2.05, 4.69) is 0 Å². The van der Waals surface area contributed by atoms with Gasteiger partial charge in [-0.3, -0.25) is 9.59 Å². The van der Waals surface area contributed by atoms with Crippen LogP contribution < -0.4 is 4.90 Å². The second-order valence-electron chi connectivity index (χ2n) is 5.40. The average molecular weight is 261 g/mol. The summed E-state index contributed by atoms with van der Waals surface area (Å²) in [4.78, 5) is 36.3. The highest BCUT2D eigenvalue weighted by Crippen LogP contribution is 2.36. The van der Waals surface area contributed by atoms with Crippen LogP contribution in [-0.2, 0) is 9.59 Å². The van der Waals surface area contributed by atoms with Crippen LogP contribution in [0.3, 0.4) is 0 Å². The minimum absolute atomic E-state index is 0.0610. The number of carbonyl (C=O) groups is 3. The first-order chi connectivity index (χ1) is 8.74. The quantitative estimate of drug-likeness (QED) is 0.826. The highest BCUT2D eigenvalue weighted by molar-refractivity contribution is 6.22. The van der Waals surface area contributed by atoms with Crippen LogP contribution >= 0.6 is 0 Å². The first kappa shape index (κ1) is 13.3. The lowest BCUT2D eigenvalue weighted by Gasteiger charge is -2.20. The maximum Gasteiger partial charge on any atom is 0.335 e. The van der Waals surface area contributed by atoms with Crippen molar-refractivity contribution in [3.63, 3.8) is 0 Å². The molecule has 2 rings (SSSR count). The molecule has 5 nitrogen and oxygen atoms in total. The number of amides is 2. The zero-order valence-corrected chi connectivity index (χ0v) is 11.1. The van der Waals surface area contributed by atoms with Crippen LogP contribution in [0.25, 0.3) is 0 Å². The van der Waals surface area contributed by atoms with Crippen LogP contribution in [-0.4, -0.2) is 22.9 Å². The van der Waals surface area contributed by atoms with E-state index in [1.165, 1.54) is 12.1 Å². The van der Waals surface area contributed by atoms with Gasteiger partial charge in [-0.25, -0.2) is 9.69 Å². The largest absolute Gasteiger partial charge is 0.478 e. The van der Waals surface area contributed by atoms with Crippen LogP contribution in [0.4, 0.5) is 5.69 Å². The van der Waals surface area contributed by atoms with Gasteiger partial charge in [0.15, 0.2) is 0 Å². The minimum Gasteiger partial charge on any atom is -0.478 e. The molecule has 0 bridgehead atoms. The van der Waals surface area contributed by atoms with Crippen LogP contribution in [0.15, 0.2) is 18.2 Å². The summed E-state index contributed by atoms with van der Waals surface area (Å²) in [6.07, 6.45) is 0.141. The number of carboxylic acid groups (broad SMARTS) is 1. The Bertz CT molecular complexity index is 589. The van der Waals surface area contributed by atoms with Gasteiger partial charge in [0, 0.05) is 6.42 Å². The standard InChI is InChI=1S/C14H15NO4/c1-8-4-5-9(12(17)18)6-10(8)15-11(16)7-14(2,3)13(15)19/h4-6H,7H2,1-3H3,(H,17,18). The van der Waals surface area contributed by atoms with E-state index in [0.717, 1.165) is 4.90 Å². The van der Waals surface area contributed by atoms with Crippen molar-refractivity contribution >= 4 is 23.5 Å². The second kappa shape index (κ2) is 4.19. The molecule has 0 spiro atoms. The van der Waals surface area contributed by atoms with Gasteiger partial charge in [0.1, 0.15) is 0 Å². The number of aryl methyl sites for hydroxylation is 1. The Morgan fingerprint density at radius 3 is 2.42 bits per heavy atom. The summed E-state index contributed by atoms with van der Waals surface area (Å²) in [6.45, 7) is 5.17. The Hall–Kier alpha value is -2.17. The van der Waals surface area contributed by atoms with Crippen molar-refractivity contribution in [2.24, 2.45) is 5.41 Å². The molecule has 1 aliphatic heterocycles. The maximum atomic E-state index is 12.2. The molecule has 1 fully saturated rings. The van der Waals surface area contributed by atoms with Gasteiger partial charge >= 0.3 is 5.97 Å². The van der Waals surface area contributed by atoms with E-state index < -0.39 is 11.4 Å². The monoisotopic (exact) mass is 261 g/mol. The van der Waals surface area contributed by atoms with Gasteiger partial charge in [0.05, 0.1) is 16.7 Å². The minimum atomic E-state index is -1.08. The van der Waals surface area contributed by atoms with E-state index in [1.54, 1.807) is 26.8 Å². The molecule has 19 heavy (non-hydrogen) atoms. The van der Waals surface area contributed by atoms with Gasteiger partial charge in [-0.2, -0.15) is 0 Å². The third-order valence-electron chi connectivity index (χ3n) is 3.32. The predicted octanol–water partition coefficient (Wildman–Crippen LogP) is 1.98. The molecule has 1 heterocycles. The molecule has 1 aromatic rings. The first-order valence-electron chi connectivity index (χ1n) is 5.95. The Labute approximate surface area is 110 Å². The number of rotatable bonds is 2. The van der Waals surface area contributed by atoms with E-state index in [1.807, 2.05) is 0 Å². The van der Waals surface area contributed by atoms with Crippen molar-refractivity contribution in [3.05, 3.63) is 29.3 Å². The third-order valence-corrected chi connectivity index (χ3v) is 3.32. The Kier molecular flexibility index (Phi) is 2.92.